The monoisotopic (exact) mass is 536 g/mol. The fourth-order valence-electron chi connectivity index (χ4n) is 5.06. The first-order valence-corrected chi connectivity index (χ1v) is 16.6. The molecule has 38 heavy (non-hydrogen) atoms. The highest BCUT2D eigenvalue weighted by Gasteiger charge is 2.22. The number of carbonyl (C=O) groups is 2. The van der Waals surface area contributed by atoms with Gasteiger partial charge in [0.25, 0.3) is 0 Å². The molecule has 4 heteroatoms. The van der Waals surface area contributed by atoms with Crippen LogP contribution in [-0.2, 0) is 14.3 Å². The van der Waals surface area contributed by atoms with Gasteiger partial charge in [-0.2, -0.15) is 0 Å². The van der Waals surface area contributed by atoms with Crippen molar-refractivity contribution in [2.24, 2.45) is 5.92 Å². The lowest BCUT2D eigenvalue weighted by atomic mass is 9.97. The molecule has 4 nitrogen and oxygen atoms in total. The van der Waals surface area contributed by atoms with E-state index in [1.807, 2.05) is 6.92 Å². The van der Waals surface area contributed by atoms with Crippen molar-refractivity contribution in [3.05, 3.63) is 12.2 Å². The van der Waals surface area contributed by atoms with Crippen LogP contribution >= 0.6 is 0 Å². The Bertz CT molecular complexity index is 543. The van der Waals surface area contributed by atoms with Crippen molar-refractivity contribution in [1.29, 1.82) is 0 Å². The number of aliphatic carboxylic acids is 1. The summed E-state index contributed by atoms with van der Waals surface area (Å²) in [6.07, 6.45) is 36.6. The van der Waals surface area contributed by atoms with Gasteiger partial charge in [-0.1, -0.05) is 148 Å². The van der Waals surface area contributed by atoms with E-state index in [4.69, 9.17) is 9.84 Å². The van der Waals surface area contributed by atoms with Gasteiger partial charge in [0, 0.05) is 0 Å². The van der Waals surface area contributed by atoms with Crippen LogP contribution in [0.15, 0.2) is 12.2 Å². The molecule has 0 heterocycles. The lowest BCUT2D eigenvalue weighted by Gasteiger charge is -2.13. The SMILES string of the molecule is CCCCCCCC/C=C/CCCCCCCCCCCCCCCCCC(CC(=O)O)C(=O)OCCC. The minimum atomic E-state index is -0.916. The summed E-state index contributed by atoms with van der Waals surface area (Å²) in [5.41, 5.74) is 0. The minimum Gasteiger partial charge on any atom is -0.481 e. The summed E-state index contributed by atoms with van der Waals surface area (Å²) < 4.78 is 5.16. The topological polar surface area (TPSA) is 63.6 Å². The van der Waals surface area contributed by atoms with Crippen LogP contribution in [0.2, 0.25) is 0 Å². The Kier molecular flexibility index (Phi) is 29.2. The van der Waals surface area contributed by atoms with E-state index in [2.05, 4.69) is 19.1 Å². The van der Waals surface area contributed by atoms with Crippen LogP contribution < -0.4 is 0 Å². The summed E-state index contributed by atoms with van der Waals surface area (Å²) in [7, 11) is 0. The van der Waals surface area contributed by atoms with Crippen LogP contribution in [0.25, 0.3) is 0 Å². The maximum atomic E-state index is 12.0. The summed E-state index contributed by atoms with van der Waals surface area (Å²) in [6, 6.07) is 0. The lowest BCUT2D eigenvalue weighted by Crippen LogP contribution is -2.21. The number of hydrogen-bond acceptors (Lipinski definition) is 3. The molecular formula is C34H64O4. The molecule has 0 saturated heterocycles. The van der Waals surface area contributed by atoms with Gasteiger partial charge in [0.15, 0.2) is 0 Å². The largest absolute Gasteiger partial charge is 0.481 e. The van der Waals surface area contributed by atoms with Gasteiger partial charge in [-0.05, 0) is 38.5 Å². The zero-order valence-corrected chi connectivity index (χ0v) is 25.5. The first-order chi connectivity index (χ1) is 18.6. The van der Waals surface area contributed by atoms with Crippen molar-refractivity contribution in [2.75, 3.05) is 6.61 Å². The number of carbonyl (C=O) groups excluding carboxylic acids is 1. The molecule has 1 unspecified atom stereocenters. The second-order valence-corrected chi connectivity index (χ2v) is 11.4. The van der Waals surface area contributed by atoms with Crippen LogP contribution in [0, 0.1) is 5.92 Å². The predicted octanol–water partition coefficient (Wildman–Crippen LogP) is 11.0. The van der Waals surface area contributed by atoms with Gasteiger partial charge in [-0.3, -0.25) is 9.59 Å². The molecule has 0 bridgehead atoms. The Hall–Kier alpha value is -1.32. The quantitative estimate of drug-likeness (QED) is 0.0563. The van der Waals surface area contributed by atoms with Gasteiger partial charge >= 0.3 is 11.9 Å². The minimum absolute atomic E-state index is 0.112. The molecule has 0 aliphatic heterocycles. The Balaban J connectivity index is 3.35. The van der Waals surface area contributed by atoms with Crippen LogP contribution in [-0.4, -0.2) is 23.7 Å². The van der Waals surface area contributed by atoms with E-state index < -0.39 is 11.9 Å². The summed E-state index contributed by atoms with van der Waals surface area (Å²) in [4.78, 5) is 23.0. The number of allylic oxidation sites excluding steroid dienone is 2. The molecule has 0 spiro atoms. The molecule has 0 fully saturated rings. The Morgan fingerprint density at radius 3 is 1.37 bits per heavy atom. The zero-order chi connectivity index (χ0) is 27.9. The molecule has 224 valence electrons. The van der Waals surface area contributed by atoms with E-state index >= 15 is 0 Å². The van der Waals surface area contributed by atoms with Crippen molar-refractivity contribution in [3.63, 3.8) is 0 Å². The Labute approximate surface area is 236 Å². The lowest BCUT2D eigenvalue weighted by molar-refractivity contribution is -0.153. The van der Waals surface area contributed by atoms with Crippen molar-refractivity contribution in [1.82, 2.24) is 0 Å². The van der Waals surface area contributed by atoms with E-state index in [-0.39, 0.29) is 12.4 Å². The van der Waals surface area contributed by atoms with Crippen LogP contribution in [0.4, 0.5) is 0 Å². The molecule has 0 radical (unpaired) electrons. The number of hydrogen-bond donors (Lipinski definition) is 1. The third kappa shape index (κ3) is 27.7. The van der Waals surface area contributed by atoms with Crippen molar-refractivity contribution < 1.29 is 19.4 Å². The van der Waals surface area contributed by atoms with Gasteiger partial charge in [0.2, 0.25) is 0 Å². The maximum absolute atomic E-state index is 12.0. The third-order valence-electron chi connectivity index (χ3n) is 7.52. The summed E-state index contributed by atoms with van der Waals surface area (Å²) in [5.74, 6) is -1.74. The fourth-order valence-corrected chi connectivity index (χ4v) is 5.06. The highest BCUT2D eigenvalue weighted by molar-refractivity contribution is 5.79. The second-order valence-electron chi connectivity index (χ2n) is 11.4. The summed E-state index contributed by atoms with van der Waals surface area (Å²) >= 11 is 0. The first kappa shape index (κ1) is 36.7. The molecule has 0 amide bonds. The van der Waals surface area contributed by atoms with Crippen molar-refractivity contribution in [2.45, 2.75) is 181 Å². The number of esters is 1. The fraction of sp³-hybridized carbons (Fsp3) is 0.882. The van der Waals surface area contributed by atoms with Crippen molar-refractivity contribution >= 4 is 11.9 Å². The molecule has 0 aromatic heterocycles. The van der Waals surface area contributed by atoms with Gasteiger partial charge < -0.3 is 9.84 Å². The normalized spacial score (nSPS) is 12.3. The highest BCUT2D eigenvalue weighted by Crippen LogP contribution is 2.18. The number of unbranched alkanes of at least 4 members (excludes halogenated alkanes) is 21. The number of carboxylic acids is 1. The molecule has 0 aromatic carbocycles. The molecule has 0 aliphatic carbocycles. The van der Waals surface area contributed by atoms with Gasteiger partial charge in [0.1, 0.15) is 0 Å². The molecule has 0 rings (SSSR count). The smallest absolute Gasteiger partial charge is 0.309 e. The number of ether oxygens (including phenoxy) is 1. The molecule has 1 N–H and O–H groups in total. The molecule has 1 atom stereocenters. The zero-order valence-electron chi connectivity index (χ0n) is 25.5. The van der Waals surface area contributed by atoms with Crippen molar-refractivity contribution in [3.8, 4) is 0 Å². The Morgan fingerprint density at radius 2 is 0.974 bits per heavy atom. The van der Waals surface area contributed by atoms with E-state index in [0.29, 0.717) is 13.0 Å². The highest BCUT2D eigenvalue weighted by atomic mass is 16.5. The standard InChI is InChI=1S/C34H64O4/c1-3-5-6-7-8-9-10-11-12-13-14-15-16-17-18-19-20-21-22-23-24-25-26-27-28-29-32(31-33(35)36)34(37)38-30-4-2/h11-12,32H,3-10,13-31H2,1-2H3,(H,35,36)/b12-11+. The van der Waals surface area contributed by atoms with Gasteiger partial charge in [-0.15, -0.1) is 0 Å². The van der Waals surface area contributed by atoms with Gasteiger partial charge in [0.05, 0.1) is 18.9 Å². The maximum Gasteiger partial charge on any atom is 0.309 e. The molecule has 0 saturated carbocycles. The first-order valence-electron chi connectivity index (χ1n) is 16.6. The van der Waals surface area contributed by atoms with E-state index in [1.165, 1.54) is 135 Å². The summed E-state index contributed by atoms with van der Waals surface area (Å²) in [6.45, 7) is 4.60. The van der Waals surface area contributed by atoms with Crippen LogP contribution in [0.5, 0.6) is 0 Å². The molecule has 0 aliphatic rings. The predicted molar refractivity (Wildman–Crippen MR) is 163 cm³/mol. The van der Waals surface area contributed by atoms with E-state index in [9.17, 15) is 9.59 Å². The number of rotatable bonds is 30. The summed E-state index contributed by atoms with van der Waals surface area (Å²) in [5, 5.41) is 9.04. The van der Waals surface area contributed by atoms with Crippen LogP contribution in [0.1, 0.15) is 181 Å². The average molecular weight is 537 g/mol. The molecule has 0 aromatic rings. The average Bonchev–Trinajstić information content (AvgIpc) is 2.90. The van der Waals surface area contributed by atoms with E-state index in [0.717, 1.165) is 19.3 Å². The van der Waals surface area contributed by atoms with Gasteiger partial charge in [-0.25, -0.2) is 0 Å². The molecular weight excluding hydrogens is 472 g/mol. The third-order valence-corrected chi connectivity index (χ3v) is 7.52. The number of carboxylic acid groups (broad SMARTS) is 1. The second kappa shape index (κ2) is 30.2. The van der Waals surface area contributed by atoms with E-state index in [1.54, 1.807) is 0 Å². The van der Waals surface area contributed by atoms with Crippen LogP contribution in [0.3, 0.4) is 0 Å². The Morgan fingerprint density at radius 1 is 0.579 bits per heavy atom.